The molecule has 0 aliphatic carbocycles. The summed E-state index contributed by atoms with van der Waals surface area (Å²) in [5, 5.41) is 0. The molecule has 1 aromatic rings. The number of ether oxygens (including phenoxy) is 2. The molecule has 37 heavy (non-hydrogen) atoms. The van der Waals surface area contributed by atoms with E-state index in [-0.39, 0.29) is 17.7 Å². The zero-order valence-electron chi connectivity index (χ0n) is 22.9. The molecule has 1 unspecified atom stereocenters. The largest absolute Gasteiger partial charge is 0.462 e. The van der Waals surface area contributed by atoms with Gasteiger partial charge in [0.15, 0.2) is 0 Å². The highest BCUT2D eigenvalue weighted by Gasteiger charge is 2.25. The van der Waals surface area contributed by atoms with Crippen molar-refractivity contribution in [1.29, 1.82) is 0 Å². The van der Waals surface area contributed by atoms with Gasteiger partial charge in [0.1, 0.15) is 0 Å². The molecule has 0 saturated carbocycles. The molecule has 1 N–H and O–H groups in total. The van der Waals surface area contributed by atoms with E-state index in [4.69, 9.17) is 14.0 Å². The van der Waals surface area contributed by atoms with Crippen molar-refractivity contribution in [2.24, 2.45) is 0 Å². The maximum absolute atomic E-state index is 12.4. The highest BCUT2D eigenvalue weighted by Crippen LogP contribution is 2.16. The van der Waals surface area contributed by atoms with Crippen LogP contribution in [0.5, 0.6) is 0 Å². The van der Waals surface area contributed by atoms with E-state index in [0.29, 0.717) is 0 Å². The molecule has 0 amide bonds. The third-order valence-electron chi connectivity index (χ3n) is 6.54. The summed E-state index contributed by atoms with van der Waals surface area (Å²) >= 11 is 0. The van der Waals surface area contributed by atoms with Gasteiger partial charge < -0.3 is 9.47 Å². The molecular formula is C29H48O7S. The van der Waals surface area contributed by atoms with E-state index in [1.807, 2.05) is 0 Å². The minimum absolute atomic E-state index is 0.00186. The number of carbonyl (C=O) groups excluding carboxylic acids is 2. The van der Waals surface area contributed by atoms with Crippen molar-refractivity contribution in [1.82, 2.24) is 0 Å². The Morgan fingerprint density at radius 1 is 0.703 bits per heavy atom. The summed E-state index contributed by atoms with van der Waals surface area (Å²) in [6, 6.07) is 5.88. The molecule has 8 heteroatoms. The number of rotatable bonds is 22. The number of hydrogen-bond acceptors (Lipinski definition) is 6. The quantitative estimate of drug-likeness (QED) is 0.0905. The van der Waals surface area contributed by atoms with Gasteiger partial charge in [-0.05, 0) is 25.5 Å². The maximum Gasteiger partial charge on any atom is 0.340 e. The van der Waals surface area contributed by atoms with Gasteiger partial charge >= 0.3 is 22.1 Å². The lowest BCUT2D eigenvalue weighted by Crippen LogP contribution is -2.25. The smallest absolute Gasteiger partial charge is 0.340 e. The van der Waals surface area contributed by atoms with Gasteiger partial charge in [-0.3, -0.25) is 4.55 Å². The van der Waals surface area contributed by atoms with E-state index in [1.54, 1.807) is 6.07 Å². The minimum atomic E-state index is -4.54. The lowest BCUT2D eigenvalue weighted by atomic mass is 10.0. The third kappa shape index (κ3) is 15.8. The Balaban J connectivity index is 2.08. The first-order valence-electron chi connectivity index (χ1n) is 14.2. The molecule has 0 aromatic heterocycles. The van der Waals surface area contributed by atoms with Crippen LogP contribution in [0.3, 0.4) is 0 Å². The molecule has 0 radical (unpaired) electrons. The lowest BCUT2D eigenvalue weighted by molar-refractivity contribution is 0.0425. The summed E-state index contributed by atoms with van der Waals surface area (Å²) in [4.78, 5) is 24.7. The van der Waals surface area contributed by atoms with E-state index in [9.17, 15) is 18.0 Å². The standard InChI is InChI=1S/C29H48O7S/c1-3-4-5-6-7-8-9-10-11-12-13-14-15-16-17-18-21-24-35-28(30)26-22-19-20-23-27(26)29(31)36-25(2)37(32,33)34/h19-20,22-23,25H,3-18,21,24H2,1-2H3,(H,32,33,34). The average Bonchev–Trinajstić information content (AvgIpc) is 2.87. The van der Waals surface area contributed by atoms with Crippen LogP contribution >= 0.6 is 0 Å². The molecule has 0 fully saturated rings. The Morgan fingerprint density at radius 3 is 1.49 bits per heavy atom. The van der Waals surface area contributed by atoms with Gasteiger partial charge in [0.05, 0.1) is 17.7 Å². The molecule has 0 saturated heterocycles. The molecule has 0 spiro atoms. The summed E-state index contributed by atoms with van der Waals surface area (Å²) in [7, 11) is -4.54. The molecule has 7 nitrogen and oxygen atoms in total. The predicted molar refractivity (Wildman–Crippen MR) is 147 cm³/mol. The van der Waals surface area contributed by atoms with Crippen LogP contribution in [0.25, 0.3) is 0 Å². The second-order valence-electron chi connectivity index (χ2n) is 9.83. The van der Waals surface area contributed by atoms with Crippen LogP contribution in [-0.4, -0.2) is 37.0 Å². The molecule has 1 atom stereocenters. The fourth-order valence-electron chi connectivity index (χ4n) is 4.18. The molecule has 0 heterocycles. The zero-order chi connectivity index (χ0) is 27.4. The van der Waals surface area contributed by atoms with Crippen LogP contribution in [0.1, 0.15) is 144 Å². The van der Waals surface area contributed by atoms with Crippen LogP contribution in [-0.2, 0) is 19.6 Å². The topological polar surface area (TPSA) is 107 Å². The first-order chi connectivity index (χ1) is 17.8. The molecule has 0 aliphatic rings. The molecular weight excluding hydrogens is 492 g/mol. The highest BCUT2D eigenvalue weighted by molar-refractivity contribution is 7.86. The van der Waals surface area contributed by atoms with E-state index in [0.717, 1.165) is 26.2 Å². The van der Waals surface area contributed by atoms with Crippen molar-refractivity contribution in [2.75, 3.05) is 6.61 Å². The zero-order valence-corrected chi connectivity index (χ0v) is 23.7. The molecule has 212 valence electrons. The first kappa shape index (κ1) is 33.1. The Morgan fingerprint density at radius 2 is 1.08 bits per heavy atom. The Bertz CT molecular complexity index is 867. The Kier molecular flexibility index (Phi) is 18.0. The fraction of sp³-hybridized carbons (Fsp3) is 0.724. The molecule has 1 aromatic carbocycles. The van der Waals surface area contributed by atoms with E-state index in [1.165, 1.54) is 108 Å². The summed E-state index contributed by atoms with van der Waals surface area (Å²) in [5.41, 5.74) is -1.84. The fourth-order valence-corrected chi connectivity index (χ4v) is 4.39. The van der Waals surface area contributed by atoms with Crippen molar-refractivity contribution < 1.29 is 32.0 Å². The lowest BCUT2D eigenvalue weighted by Gasteiger charge is -2.12. The molecule has 1 rings (SSSR count). The number of hydrogen-bond donors (Lipinski definition) is 1. The summed E-state index contributed by atoms with van der Waals surface area (Å²) in [6.45, 7) is 3.55. The average molecular weight is 541 g/mol. The van der Waals surface area contributed by atoms with Crippen molar-refractivity contribution in [2.45, 2.75) is 128 Å². The van der Waals surface area contributed by atoms with E-state index >= 15 is 0 Å². The Labute approximate surface area is 224 Å². The van der Waals surface area contributed by atoms with Gasteiger partial charge in [0.25, 0.3) is 0 Å². The van der Waals surface area contributed by atoms with Gasteiger partial charge in [-0.25, -0.2) is 9.59 Å². The van der Waals surface area contributed by atoms with Crippen LogP contribution in [0.4, 0.5) is 0 Å². The van der Waals surface area contributed by atoms with Crippen molar-refractivity contribution in [3.63, 3.8) is 0 Å². The van der Waals surface area contributed by atoms with Crippen molar-refractivity contribution in [3.8, 4) is 0 Å². The van der Waals surface area contributed by atoms with Crippen LogP contribution in [0, 0.1) is 0 Å². The van der Waals surface area contributed by atoms with Crippen molar-refractivity contribution in [3.05, 3.63) is 35.4 Å². The van der Waals surface area contributed by atoms with Gasteiger partial charge in [-0.15, -0.1) is 0 Å². The predicted octanol–water partition coefficient (Wildman–Crippen LogP) is 7.89. The van der Waals surface area contributed by atoms with Gasteiger partial charge in [-0.1, -0.05) is 122 Å². The van der Waals surface area contributed by atoms with E-state index in [2.05, 4.69) is 6.92 Å². The molecule has 0 aliphatic heterocycles. The SMILES string of the molecule is CCCCCCCCCCCCCCCCCCCOC(=O)c1ccccc1C(=O)OC(C)S(=O)(=O)O. The summed E-state index contributed by atoms with van der Waals surface area (Å²) < 4.78 is 41.2. The highest BCUT2D eigenvalue weighted by atomic mass is 32.2. The number of esters is 2. The normalized spacial score (nSPS) is 12.3. The van der Waals surface area contributed by atoms with E-state index < -0.39 is 27.5 Å². The van der Waals surface area contributed by atoms with Gasteiger partial charge in [-0.2, -0.15) is 8.42 Å². The summed E-state index contributed by atoms with van der Waals surface area (Å²) in [6.07, 6.45) is 21.6. The van der Waals surface area contributed by atoms with Gasteiger partial charge in [0, 0.05) is 0 Å². The van der Waals surface area contributed by atoms with Crippen molar-refractivity contribution >= 4 is 22.1 Å². The number of benzene rings is 1. The minimum Gasteiger partial charge on any atom is -0.462 e. The maximum atomic E-state index is 12.4. The van der Waals surface area contributed by atoms with Crippen LogP contribution in [0.15, 0.2) is 24.3 Å². The van der Waals surface area contributed by atoms with Crippen LogP contribution in [0.2, 0.25) is 0 Å². The second kappa shape index (κ2) is 20.1. The van der Waals surface area contributed by atoms with Crippen LogP contribution < -0.4 is 0 Å². The summed E-state index contributed by atoms with van der Waals surface area (Å²) in [5.74, 6) is -1.68. The molecule has 0 bridgehead atoms. The third-order valence-corrected chi connectivity index (χ3v) is 7.48. The second-order valence-corrected chi connectivity index (χ2v) is 11.5. The number of unbranched alkanes of at least 4 members (excludes halogenated alkanes) is 16. The monoisotopic (exact) mass is 540 g/mol. The first-order valence-corrected chi connectivity index (χ1v) is 15.7. The Hall–Kier alpha value is -1.93. The number of carbonyl (C=O) groups is 2. The van der Waals surface area contributed by atoms with Gasteiger partial charge in [0.2, 0.25) is 5.44 Å².